The summed E-state index contributed by atoms with van der Waals surface area (Å²) in [5.74, 6) is -0.704. The summed E-state index contributed by atoms with van der Waals surface area (Å²) in [6.07, 6.45) is 0. The zero-order chi connectivity index (χ0) is 27.8. The standard InChI is InChI=1S/C32H31N3O4/c1-21(2)29(32(38)33-25-17-13-23(14-18-25)22-9-5-4-6-10-22)35-31(37)27-11-7-8-12-28(27)34-30(36)24-15-19-26(39-3)20-16-24/h4-21,29H,1-3H3,(H,33,38)(H,34,36)(H,35,37). The van der Waals surface area contributed by atoms with E-state index in [1.54, 1.807) is 55.6 Å². The van der Waals surface area contributed by atoms with Gasteiger partial charge in [0, 0.05) is 11.3 Å². The van der Waals surface area contributed by atoms with Crippen LogP contribution in [0.1, 0.15) is 34.6 Å². The molecule has 4 aromatic carbocycles. The predicted octanol–water partition coefficient (Wildman–Crippen LogP) is 6.01. The van der Waals surface area contributed by atoms with Crippen LogP contribution < -0.4 is 20.7 Å². The third kappa shape index (κ3) is 6.90. The Morgan fingerprint density at radius 1 is 0.667 bits per heavy atom. The molecule has 7 nitrogen and oxygen atoms in total. The Kier molecular flexibility index (Phi) is 8.74. The van der Waals surface area contributed by atoms with Crippen LogP contribution in [0.2, 0.25) is 0 Å². The lowest BCUT2D eigenvalue weighted by atomic mass is 10.0. The second-order valence-electron chi connectivity index (χ2n) is 9.36. The van der Waals surface area contributed by atoms with E-state index in [4.69, 9.17) is 4.74 Å². The van der Waals surface area contributed by atoms with Gasteiger partial charge in [-0.1, -0.05) is 68.4 Å². The fourth-order valence-corrected chi connectivity index (χ4v) is 4.08. The summed E-state index contributed by atoms with van der Waals surface area (Å²) in [7, 11) is 1.55. The number of benzene rings is 4. The number of carbonyl (C=O) groups is 3. The summed E-state index contributed by atoms with van der Waals surface area (Å²) in [5, 5.41) is 8.54. The zero-order valence-electron chi connectivity index (χ0n) is 22.1. The lowest BCUT2D eigenvalue weighted by molar-refractivity contribution is -0.118. The van der Waals surface area contributed by atoms with Crippen LogP contribution in [0.3, 0.4) is 0 Å². The first-order valence-corrected chi connectivity index (χ1v) is 12.7. The highest BCUT2D eigenvalue weighted by molar-refractivity contribution is 6.10. The Bertz CT molecular complexity index is 1430. The summed E-state index contributed by atoms with van der Waals surface area (Å²) < 4.78 is 5.14. The smallest absolute Gasteiger partial charge is 0.255 e. The van der Waals surface area contributed by atoms with E-state index >= 15 is 0 Å². The number of hydrogen-bond donors (Lipinski definition) is 3. The molecule has 3 amide bonds. The first kappa shape index (κ1) is 27.1. The van der Waals surface area contributed by atoms with E-state index in [9.17, 15) is 14.4 Å². The van der Waals surface area contributed by atoms with Crippen molar-refractivity contribution in [1.82, 2.24) is 5.32 Å². The van der Waals surface area contributed by atoms with E-state index in [0.717, 1.165) is 11.1 Å². The molecule has 1 atom stereocenters. The maximum Gasteiger partial charge on any atom is 0.255 e. The number of rotatable bonds is 9. The number of methoxy groups -OCH3 is 1. The average Bonchev–Trinajstić information content (AvgIpc) is 2.96. The van der Waals surface area contributed by atoms with E-state index in [-0.39, 0.29) is 23.3 Å². The second kappa shape index (κ2) is 12.6. The molecule has 4 aromatic rings. The average molecular weight is 522 g/mol. The lowest BCUT2D eigenvalue weighted by Gasteiger charge is -2.22. The number of nitrogens with one attached hydrogen (secondary N) is 3. The maximum absolute atomic E-state index is 13.3. The van der Waals surface area contributed by atoms with Gasteiger partial charge in [0.2, 0.25) is 5.91 Å². The van der Waals surface area contributed by atoms with E-state index in [2.05, 4.69) is 16.0 Å². The van der Waals surface area contributed by atoms with Crippen LogP contribution in [-0.2, 0) is 4.79 Å². The Morgan fingerprint density at radius 3 is 1.92 bits per heavy atom. The molecule has 0 aliphatic heterocycles. The molecule has 0 aromatic heterocycles. The first-order valence-electron chi connectivity index (χ1n) is 12.7. The third-order valence-electron chi connectivity index (χ3n) is 6.27. The lowest BCUT2D eigenvalue weighted by Crippen LogP contribution is -2.47. The highest BCUT2D eigenvalue weighted by Gasteiger charge is 2.26. The number of ether oxygens (including phenoxy) is 1. The van der Waals surface area contributed by atoms with Crippen LogP contribution in [0.5, 0.6) is 5.75 Å². The third-order valence-corrected chi connectivity index (χ3v) is 6.27. The normalized spacial score (nSPS) is 11.4. The molecule has 0 fully saturated rings. The van der Waals surface area contributed by atoms with Gasteiger partial charge in [0.25, 0.3) is 11.8 Å². The molecule has 3 N–H and O–H groups in total. The van der Waals surface area contributed by atoms with Gasteiger partial charge in [-0.25, -0.2) is 0 Å². The predicted molar refractivity (Wildman–Crippen MR) is 154 cm³/mol. The van der Waals surface area contributed by atoms with Gasteiger partial charge in [-0.15, -0.1) is 0 Å². The molecule has 198 valence electrons. The molecule has 0 aliphatic carbocycles. The largest absolute Gasteiger partial charge is 0.497 e. The van der Waals surface area contributed by atoms with Gasteiger partial charge in [0.05, 0.1) is 18.4 Å². The van der Waals surface area contributed by atoms with Crippen LogP contribution in [0.15, 0.2) is 103 Å². The van der Waals surface area contributed by atoms with Crippen LogP contribution >= 0.6 is 0 Å². The summed E-state index contributed by atoms with van der Waals surface area (Å²) in [4.78, 5) is 39.2. The molecule has 0 saturated heterocycles. The summed E-state index contributed by atoms with van der Waals surface area (Å²) in [6, 6.07) is 30.1. The molecule has 1 unspecified atom stereocenters. The maximum atomic E-state index is 13.3. The van der Waals surface area contributed by atoms with Gasteiger partial charge in [0.1, 0.15) is 11.8 Å². The molecule has 7 heteroatoms. The molecule has 39 heavy (non-hydrogen) atoms. The number of amides is 3. The summed E-state index contributed by atoms with van der Waals surface area (Å²) in [6.45, 7) is 3.72. The van der Waals surface area contributed by atoms with Gasteiger partial charge < -0.3 is 20.7 Å². The molecular weight excluding hydrogens is 490 g/mol. The van der Waals surface area contributed by atoms with Crippen LogP contribution in [-0.4, -0.2) is 30.9 Å². The van der Waals surface area contributed by atoms with Crippen molar-refractivity contribution in [2.24, 2.45) is 5.92 Å². The molecule has 0 radical (unpaired) electrons. The van der Waals surface area contributed by atoms with Crippen molar-refractivity contribution in [3.8, 4) is 16.9 Å². The minimum Gasteiger partial charge on any atom is -0.497 e. The van der Waals surface area contributed by atoms with E-state index in [1.165, 1.54) is 0 Å². The molecule has 0 bridgehead atoms. The molecule has 4 rings (SSSR count). The van der Waals surface area contributed by atoms with Gasteiger partial charge in [0.15, 0.2) is 0 Å². The quantitative estimate of drug-likeness (QED) is 0.251. The molecule has 0 spiro atoms. The van der Waals surface area contributed by atoms with Crippen molar-refractivity contribution in [3.05, 3.63) is 114 Å². The Balaban J connectivity index is 1.44. The second-order valence-corrected chi connectivity index (χ2v) is 9.36. The van der Waals surface area contributed by atoms with E-state index in [0.29, 0.717) is 22.7 Å². The highest BCUT2D eigenvalue weighted by atomic mass is 16.5. The number of hydrogen-bond acceptors (Lipinski definition) is 4. The van der Waals surface area contributed by atoms with Crippen molar-refractivity contribution in [2.45, 2.75) is 19.9 Å². The van der Waals surface area contributed by atoms with E-state index < -0.39 is 11.9 Å². The SMILES string of the molecule is COc1ccc(C(=O)Nc2ccccc2C(=O)NC(C(=O)Nc2ccc(-c3ccccc3)cc2)C(C)C)cc1. The van der Waals surface area contributed by atoms with Gasteiger partial charge in [-0.2, -0.15) is 0 Å². The monoisotopic (exact) mass is 521 g/mol. The van der Waals surface area contributed by atoms with Gasteiger partial charge in [-0.05, 0) is 65.6 Å². The highest BCUT2D eigenvalue weighted by Crippen LogP contribution is 2.22. The van der Waals surface area contributed by atoms with Crippen molar-refractivity contribution >= 4 is 29.1 Å². The van der Waals surface area contributed by atoms with Crippen molar-refractivity contribution in [1.29, 1.82) is 0 Å². The topological polar surface area (TPSA) is 96.5 Å². The van der Waals surface area contributed by atoms with Gasteiger partial charge in [-0.3, -0.25) is 14.4 Å². The fourth-order valence-electron chi connectivity index (χ4n) is 4.08. The molecular formula is C32H31N3O4. The number of carbonyl (C=O) groups excluding carboxylic acids is 3. The van der Waals surface area contributed by atoms with Crippen LogP contribution in [0.4, 0.5) is 11.4 Å². The van der Waals surface area contributed by atoms with Crippen molar-refractivity contribution in [3.63, 3.8) is 0 Å². The minimum absolute atomic E-state index is 0.182. The van der Waals surface area contributed by atoms with E-state index in [1.807, 2.05) is 68.4 Å². The van der Waals surface area contributed by atoms with Crippen LogP contribution in [0, 0.1) is 5.92 Å². The first-order chi connectivity index (χ1) is 18.9. The Morgan fingerprint density at radius 2 is 1.28 bits per heavy atom. The van der Waals surface area contributed by atoms with Crippen molar-refractivity contribution in [2.75, 3.05) is 17.7 Å². The number of anilines is 2. The summed E-state index contributed by atoms with van der Waals surface area (Å²) >= 11 is 0. The zero-order valence-corrected chi connectivity index (χ0v) is 22.1. The molecule has 0 saturated carbocycles. The molecule has 0 heterocycles. The summed E-state index contributed by atoms with van der Waals surface area (Å²) in [5.41, 5.74) is 3.77. The Hall–Kier alpha value is -4.91. The number of para-hydroxylation sites is 1. The van der Waals surface area contributed by atoms with Gasteiger partial charge >= 0.3 is 0 Å². The Labute approximate surface area is 228 Å². The fraction of sp³-hybridized carbons (Fsp3) is 0.156. The van der Waals surface area contributed by atoms with Crippen LogP contribution in [0.25, 0.3) is 11.1 Å². The van der Waals surface area contributed by atoms with Crippen molar-refractivity contribution < 1.29 is 19.1 Å². The minimum atomic E-state index is -0.795. The molecule has 0 aliphatic rings.